The van der Waals surface area contributed by atoms with E-state index in [0.717, 1.165) is 0 Å². The zero-order valence-electron chi connectivity index (χ0n) is 11.1. The Bertz CT molecular complexity index is 681. The van der Waals surface area contributed by atoms with E-state index in [-0.39, 0.29) is 23.2 Å². The lowest BCUT2D eigenvalue weighted by Gasteiger charge is -2.09. The zero-order valence-corrected chi connectivity index (χ0v) is 11.8. The Morgan fingerprint density at radius 3 is 2.62 bits per heavy atom. The number of carbonyl (C=O) groups excluding carboxylic acids is 1. The molecule has 0 fully saturated rings. The largest absolute Gasteiger partial charge is 0.479 e. The van der Waals surface area contributed by atoms with Crippen LogP contribution in [0.5, 0.6) is 17.6 Å². The first kappa shape index (κ1) is 15.0. The number of carbonyl (C=O) groups is 1. The van der Waals surface area contributed by atoms with Crippen LogP contribution in [0.4, 0.5) is 4.39 Å². The van der Waals surface area contributed by atoms with Crippen LogP contribution in [0.3, 0.4) is 0 Å². The van der Waals surface area contributed by atoms with Gasteiger partial charge in [0.05, 0.1) is 14.2 Å². The van der Waals surface area contributed by atoms with Crippen molar-refractivity contribution in [2.45, 2.75) is 0 Å². The maximum absolute atomic E-state index is 13.5. The fraction of sp³-hybridized carbons (Fsp3) is 0.154. The molecule has 1 aromatic heterocycles. The second kappa shape index (κ2) is 6.36. The van der Waals surface area contributed by atoms with E-state index < -0.39 is 16.9 Å². The lowest BCUT2D eigenvalue weighted by atomic mass is 10.2. The summed E-state index contributed by atoms with van der Waals surface area (Å²) in [6.07, 6.45) is 0. The molecule has 0 saturated carbocycles. The van der Waals surface area contributed by atoms with E-state index >= 15 is 0 Å². The van der Waals surface area contributed by atoms with Crippen molar-refractivity contribution < 1.29 is 23.4 Å². The van der Waals surface area contributed by atoms with Gasteiger partial charge in [-0.15, -0.1) is 0 Å². The van der Waals surface area contributed by atoms with Crippen molar-refractivity contribution >= 4 is 17.6 Å². The van der Waals surface area contributed by atoms with Crippen molar-refractivity contribution in [1.82, 2.24) is 9.97 Å². The molecule has 2 aromatic rings. The predicted molar refractivity (Wildman–Crippen MR) is 71.4 cm³/mol. The molecule has 6 nitrogen and oxygen atoms in total. The third kappa shape index (κ3) is 3.19. The molecule has 0 radical (unpaired) electrons. The summed E-state index contributed by atoms with van der Waals surface area (Å²) >= 11 is 5.62. The van der Waals surface area contributed by atoms with Gasteiger partial charge in [-0.2, -0.15) is 14.4 Å². The average Bonchev–Trinajstić information content (AvgIpc) is 2.50. The van der Waals surface area contributed by atoms with E-state index in [1.54, 1.807) is 12.1 Å². The van der Waals surface area contributed by atoms with E-state index in [1.165, 1.54) is 26.4 Å². The molecule has 0 bridgehead atoms. The van der Waals surface area contributed by atoms with Gasteiger partial charge in [0.25, 0.3) is 5.88 Å². The molecule has 0 aliphatic heterocycles. The minimum absolute atomic E-state index is 0.147. The highest BCUT2D eigenvalue weighted by Crippen LogP contribution is 2.28. The number of aromatic nitrogens is 2. The minimum Gasteiger partial charge on any atom is -0.479 e. The minimum atomic E-state index is -0.896. The quantitative estimate of drug-likeness (QED) is 0.638. The van der Waals surface area contributed by atoms with Gasteiger partial charge in [-0.25, -0.2) is 4.79 Å². The van der Waals surface area contributed by atoms with Crippen molar-refractivity contribution in [1.29, 1.82) is 0 Å². The summed E-state index contributed by atoms with van der Waals surface area (Å²) in [7, 11) is 2.47. The van der Waals surface area contributed by atoms with E-state index in [0.29, 0.717) is 0 Å². The van der Waals surface area contributed by atoms with Gasteiger partial charge in [0.15, 0.2) is 5.15 Å². The summed E-state index contributed by atoms with van der Waals surface area (Å²) in [6, 6.07) is 6.04. The van der Waals surface area contributed by atoms with Crippen molar-refractivity contribution in [3.63, 3.8) is 0 Å². The van der Waals surface area contributed by atoms with Gasteiger partial charge < -0.3 is 14.2 Å². The molecule has 0 aliphatic carbocycles. The van der Waals surface area contributed by atoms with E-state index in [4.69, 9.17) is 21.1 Å². The molecule has 1 heterocycles. The summed E-state index contributed by atoms with van der Waals surface area (Å²) in [4.78, 5) is 18.9. The first-order valence-corrected chi connectivity index (χ1v) is 6.06. The SMILES string of the molecule is COC(=O)c1ccccc1Oc1nc(Cl)c(F)c(OC)n1. The molecule has 110 valence electrons. The number of rotatable bonds is 4. The fourth-order valence-corrected chi connectivity index (χ4v) is 1.65. The first-order valence-electron chi connectivity index (χ1n) is 5.69. The molecule has 0 N–H and O–H groups in total. The maximum atomic E-state index is 13.5. The van der Waals surface area contributed by atoms with E-state index in [2.05, 4.69) is 14.7 Å². The van der Waals surface area contributed by atoms with Crippen LogP contribution in [0.25, 0.3) is 0 Å². The molecule has 0 amide bonds. The maximum Gasteiger partial charge on any atom is 0.341 e. The van der Waals surface area contributed by atoms with Gasteiger partial charge in [-0.05, 0) is 12.1 Å². The Labute approximate surface area is 124 Å². The summed E-state index contributed by atoms with van der Waals surface area (Å²) in [5.74, 6) is -1.70. The lowest BCUT2D eigenvalue weighted by Crippen LogP contribution is -2.05. The third-order valence-corrected chi connectivity index (χ3v) is 2.70. The molecule has 2 rings (SSSR count). The molecule has 0 unspecified atom stereocenters. The molecule has 0 aliphatic rings. The van der Waals surface area contributed by atoms with Gasteiger partial charge in [-0.3, -0.25) is 0 Å². The van der Waals surface area contributed by atoms with Crippen LogP contribution in [-0.4, -0.2) is 30.2 Å². The van der Waals surface area contributed by atoms with Gasteiger partial charge in [0.1, 0.15) is 11.3 Å². The number of benzene rings is 1. The number of methoxy groups -OCH3 is 2. The molecule has 0 saturated heterocycles. The lowest BCUT2D eigenvalue weighted by molar-refractivity contribution is 0.0597. The summed E-state index contributed by atoms with van der Waals surface area (Å²) in [6.45, 7) is 0. The smallest absolute Gasteiger partial charge is 0.341 e. The van der Waals surface area contributed by atoms with Crippen LogP contribution in [0.1, 0.15) is 10.4 Å². The molecular weight excluding hydrogens is 303 g/mol. The third-order valence-electron chi connectivity index (χ3n) is 2.45. The van der Waals surface area contributed by atoms with Crippen molar-refractivity contribution in [3.05, 3.63) is 40.8 Å². The summed E-state index contributed by atoms with van der Waals surface area (Å²) in [5.41, 5.74) is 0.169. The van der Waals surface area contributed by atoms with Crippen molar-refractivity contribution in [2.24, 2.45) is 0 Å². The molecule has 0 atom stereocenters. The second-order valence-corrected chi connectivity index (χ2v) is 4.07. The van der Waals surface area contributed by atoms with Crippen LogP contribution in [0.2, 0.25) is 5.15 Å². The Balaban J connectivity index is 2.39. The molecule has 8 heteroatoms. The van der Waals surface area contributed by atoms with Gasteiger partial charge in [-0.1, -0.05) is 23.7 Å². The second-order valence-electron chi connectivity index (χ2n) is 3.71. The Morgan fingerprint density at radius 1 is 1.24 bits per heavy atom. The Hall–Kier alpha value is -2.41. The Morgan fingerprint density at radius 2 is 1.95 bits per heavy atom. The molecular formula is C13H10ClFN2O4. The number of para-hydroxylation sites is 1. The van der Waals surface area contributed by atoms with E-state index in [1.807, 2.05) is 0 Å². The monoisotopic (exact) mass is 312 g/mol. The van der Waals surface area contributed by atoms with Crippen molar-refractivity contribution in [2.75, 3.05) is 14.2 Å². The topological polar surface area (TPSA) is 70.5 Å². The summed E-state index contributed by atoms with van der Waals surface area (Å²) in [5, 5.41) is -0.451. The standard InChI is InChI=1S/C13H10ClFN2O4/c1-19-11-9(15)10(14)16-13(17-11)21-8-6-4-3-5-7(8)12(18)20-2/h3-6H,1-2H3. The van der Waals surface area contributed by atoms with Crippen molar-refractivity contribution in [3.8, 4) is 17.6 Å². The van der Waals surface area contributed by atoms with Gasteiger partial charge in [0, 0.05) is 0 Å². The van der Waals surface area contributed by atoms with Crippen LogP contribution in [0.15, 0.2) is 24.3 Å². The normalized spacial score (nSPS) is 10.1. The van der Waals surface area contributed by atoms with Crippen LogP contribution in [0, 0.1) is 5.82 Å². The number of nitrogens with zero attached hydrogens (tertiary/aromatic N) is 2. The highest BCUT2D eigenvalue weighted by Gasteiger charge is 2.18. The first-order chi connectivity index (χ1) is 10.1. The van der Waals surface area contributed by atoms with Crippen LogP contribution >= 0.6 is 11.6 Å². The highest BCUT2D eigenvalue weighted by atomic mass is 35.5. The van der Waals surface area contributed by atoms with Crippen LogP contribution < -0.4 is 9.47 Å². The molecule has 1 aromatic carbocycles. The van der Waals surface area contributed by atoms with Gasteiger partial charge in [0.2, 0.25) is 5.82 Å². The molecule has 0 spiro atoms. The number of esters is 1. The van der Waals surface area contributed by atoms with Crippen LogP contribution in [-0.2, 0) is 4.74 Å². The Kier molecular flexibility index (Phi) is 4.54. The zero-order chi connectivity index (χ0) is 15.4. The summed E-state index contributed by atoms with van der Waals surface area (Å²) < 4.78 is 28.2. The number of hydrogen-bond donors (Lipinski definition) is 0. The van der Waals surface area contributed by atoms with Gasteiger partial charge >= 0.3 is 12.0 Å². The predicted octanol–water partition coefficient (Wildman–Crippen LogP) is 2.86. The number of ether oxygens (including phenoxy) is 3. The molecule has 21 heavy (non-hydrogen) atoms. The fourth-order valence-electron chi connectivity index (χ4n) is 1.50. The number of hydrogen-bond acceptors (Lipinski definition) is 6. The highest BCUT2D eigenvalue weighted by molar-refractivity contribution is 6.29. The average molecular weight is 313 g/mol. The number of halogens is 2. The van der Waals surface area contributed by atoms with E-state index in [9.17, 15) is 9.18 Å².